The van der Waals surface area contributed by atoms with Gasteiger partial charge >= 0.3 is 0 Å². The zero-order valence-corrected chi connectivity index (χ0v) is 18.0. The summed E-state index contributed by atoms with van der Waals surface area (Å²) in [7, 11) is 1.65. The molecular formula is C21H30ClN5O2. The van der Waals surface area contributed by atoms with Crippen molar-refractivity contribution in [3.05, 3.63) is 28.8 Å². The number of hydrogen-bond acceptors (Lipinski definition) is 6. The maximum absolute atomic E-state index is 12.3. The Morgan fingerprint density at radius 1 is 1.38 bits per heavy atom. The van der Waals surface area contributed by atoms with Gasteiger partial charge in [0.15, 0.2) is 0 Å². The minimum absolute atomic E-state index is 0.0250. The maximum atomic E-state index is 12.3. The fourth-order valence-corrected chi connectivity index (χ4v) is 4.85. The molecule has 1 unspecified atom stereocenters. The largest absolute Gasteiger partial charge is 0.383 e. The summed E-state index contributed by atoms with van der Waals surface area (Å²) in [5.41, 5.74) is 2.04. The molecule has 158 valence electrons. The number of fused-ring (bicyclic) bond motifs is 4. The zero-order chi connectivity index (χ0) is 20.4. The molecule has 0 bridgehead atoms. The molecule has 1 fully saturated rings. The number of anilines is 1. The second kappa shape index (κ2) is 8.50. The van der Waals surface area contributed by atoms with E-state index in [-0.39, 0.29) is 17.6 Å². The lowest BCUT2D eigenvalue weighted by Gasteiger charge is -2.54. The van der Waals surface area contributed by atoms with E-state index in [2.05, 4.69) is 26.5 Å². The third kappa shape index (κ3) is 4.22. The molecule has 1 spiro atoms. The number of nitrogens with zero attached hydrogens (tertiary/aromatic N) is 3. The summed E-state index contributed by atoms with van der Waals surface area (Å²) in [5, 5.41) is 7.52. The summed E-state index contributed by atoms with van der Waals surface area (Å²) >= 11 is 6.27. The summed E-state index contributed by atoms with van der Waals surface area (Å²) in [6.45, 7) is 6.50. The van der Waals surface area contributed by atoms with E-state index in [0.717, 1.165) is 67.6 Å². The van der Waals surface area contributed by atoms with Crippen molar-refractivity contribution in [1.29, 1.82) is 0 Å². The molecule has 1 amide bonds. The van der Waals surface area contributed by atoms with E-state index in [1.54, 1.807) is 7.11 Å². The van der Waals surface area contributed by atoms with Crippen LogP contribution in [0.5, 0.6) is 0 Å². The lowest BCUT2D eigenvalue weighted by Crippen LogP contribution is -2.65. The van der Waals surface area contributed by atoms with Gasteiger partial charge in [-0.25, -0.2) is 0 Å². The van der Waals surface area contributed by atoms with Gasteiger partial charge in [-0.3, -0.25) is 14.7 Å². The van der Waals surface area contributed by atoms with Gasteiger partial charge in [-0.05, 0) is 31.5 Å². The number of amidine groups is 1. The molecule has 1 aromatic rings. The molecule has 8 heteroatoms. The second-order valence-electron chi connectivity index (χ2n) is 8.26. The number of ether oxygens (including phenoxy) is 1. The number of nitrogens with one attached hydrogen (secondary N) is 2. The van der Waals surface area contributed by atoms with Crippen LogP contribution in [-0.4, -0.2) is 79.7 Å². The molecule has 3 aliphatic heterocycles. The minimum Gasteiger partial charge on any atom is -0.383 e. The predicted molar refractivity (Wildman–Crippen MR) is 116 cm³/mol. The van der Waals surface area contributed by atoms with Crippen LogP contribution < -0.4 is 10.6 Å². The van der Waals surface area contributed by atoms with Crippen molar-refractivity contribution in [2.24, 2.45) is 4.99 Å². The highest BCUT2D eigenvalue weighted by Gasteiger charge is 2.46. The highest BCUT2D eigenvalue weighted by Crippen LogP contribution is 2.40. The van der Waals surface area contributed by atoms with Crippen LogP contribution >= 0.6 is 11.6 Å². The first kappa shape index (κ1) is 20.4. The molecule has 0 aliphatic carbocycles. The number of halogens is 1. The Hall–Kier alpha value is -1.83. The number of aliphatic imine (C=N–C) groups is 1. The molecule has 0 radical (unpaired) electrons. The first-order valence-corrected chi connectivity index (χ1v) is 10.8. The fourth-order valence-electron chi connectivity index (χ4n) is 4.68. The summed E-state index contributed by atoms with van der Waals surface area (Å²) < 4.78 is 5.09. The number of hydrogen-bond donors (Lipinski definition) is 2. The Balaban J connectivity index is 1.45. The number of carbonyl (C=O) groups is 1. The maximum Gasteiger partial charge on any atom is 0.234 e. The zero-order valence-electron chi connectivity index (χ0n) is 17.2. The van der Waals surface area contributed by atoms with Crippen molar-refractivity contribution in [2.75, 3.05) is 51.8 Å². The Morgan fingerprint density at radius 3 is 2.93 bits per heavy atom. The van der Waals surface area contributed by atoms with Gasteiger partial charge in [0, 0.05) is 68.4 Å². The molecule has 0 saturated carbocycles. The van der Waals surface area contributed by atoms with Gasteiger partial charge in [0.25, 0.3) is 0 Å². The second-order valence-corrected chi connectivity index (χ2v) is 8.69. The lowest BCUT2D eigenvalue weighted by atomic mass is 9.89. The molecule has 7 nitrogen and oxygen atoms in total. The van der Waals surface area contributed by atoms with E-state index < -0.39 is 0 Å². The standard InChI is InChI=1S/C21H30ClN5O2/c1-15(14-29-2)24-19(28)13-26-10-6-21(7-11-26)25-18-12-16(22)4-5-17(18)20-23-8-3-9-27(20)21/h4-5,12,15,25H,3,6-11,13-14H2,1-2H3,(H,24,28). The molecule has 1 atom stereocenters. The van der Waals surface area contributed by atoms with E-state index in [9.17, 15) is 4.79 Å². The van der Waals surface area contributed by atoms with Gasteiger partial charge in [-0.15, -0.1) is 0 Å². The van der Waals surface area contributed by atoms with Gasteiger partial charge < -0.3 is 20.3 Å². The van der Waals surface area contributed by atoms with Crippen LogP contribution in [0, 0.1) is 0 Å². The number of rotatable bonds is 5. The third-order valence-corrected chi connectivity index (χ3v) is 6.27. The molecule has 2 N–H and O–H groups in total. The summed E-state index contributed by atoms with van der Waals surface area (Å²) in [6.07, 6.45) is 2.93. The molecular weight excluding hydrogens is 390 g/mol. The third-order valence-electron chi connectivity index (χ3n) is 6.04. The van der Waals surface area contributed by atoms with Gasteiger partial charge in [0.1, 0.15) is 11.5 Å². The molecule has 3 heterocycles. The van der Waals surface area contributed by atoms with Crippen molar-refractivity contribution in [3.8, 4) is 0 Å². The number of carbonyl (C=O) groups excluding carboxylic acids is 1. The van der Waals surface area contributed by atoms with Crippen molar-refractivity contribution in [2.45, 2.75) is 37.9 Å². The lowest BCUT2D eigenvalue weighted by molar-refractivity contribution is -0.123. The number of benzene rings is 1. The number of piperidine rings is 1. The first-order valence-electron chi connectivity index (χ1n) is 10.4. The average molecular weight is 420 g/mol. The monoisotopic (exact) mass is 419 g/mol. The molecule has 1 saturated heterocycles. The predicted octanol–water partition coefficient (Wildman–Crippen LogP) is 2.16. The highest BCUT2D eigenvalue weighted by atomic mass is 35.5. The van der Waals surface area contributed by atoms with Gasteiger partial charge in [-0.2, -0.15) is 0 Å². The van der Waals surface area contributed by atoms with Crippen molar-refractivity contribution in [1.82, 2.24) is 15.1 Å². The van der Waals surface area contributed by atoms with Crippen molar-refractivity contribution < 1.29 is 9.53 Å². The van der Waals surface area contributed by atoms with Gasteiger partial charge in [0.05, 0.1) is 13.2 Å². The van der Waals surface area contributed by atoms with E-state index in [4.69, 9.17) is 21.3 Å². The summed E-state index contributed by atoms with van der Waals surface area (Å²) in [4.78, 5) is 21.9. The van der Waals surface area contributed by atoms with E-state index in [1.807, 2.05) is 19.1 Å². The Kier molecular flexibility index (Phi) is 5.99. The topological polar surface area (TPSA) is 69.2 Å². The number of amides is 1. The van der Waals surface area contributed by atoms with E-state index >= 15 is 0 Å². The van der Waals surface area contributed by atoms with Crippen LogP contribution in [0.1, 0.15) is 31.7 Å². The first-order chi connectivity index (χ1) is 14.0. The Morgan fingerprint density at radius 2 is 2.17 bits per heavy atom. The van der Waals surface area contributed by atoms with Crippen LogP contribution in [0.15, 0.2) is 23.2 Å². The quantitative estimate of drug-likeness (QED) is 0.765. The van der Waals surface area contributed by atoms with Crippen LogP contribution in [-0.2, 0) is 9.53 Å². The van der Waals surface area contributed by atoms with Crippen LogP contribution in [0.3, 0.4) is 0 Å². The molecule has 0 aromatic heterocycles. The Bertz CT molecular complexity index is 791. The summed E-state index contributed by atoms with van der Waals surface area (Å²) in [6, 6.07) is 6.03. The molecule has 29 heavy (non-hydrogen) atoms. The van der Waals surface area contributed by atoms with Gasteiger partial charge in [0.2, 0.25) is 5.91 Å². The van der Waals surface area contributed by atoms with E-state index in [0.29, 0.717) is 13.2 Å². The van der Waals surface area contributed by atoms with E-state index in [1.165, 1.54) is 0 Å². The highest BCUT2D eigenvalue weighted by molar-refractivity contribution is 6.31. The number of methoxy groups -OCH3 is 1. The molecule has 3 aliphatic rings. The average Bonchev–Trinajstić information content (AvgIpc) is 2.70. The van der Waals surface area contributed by atoms with Crippen molar-refractivity contribution in [3.63, 3.8) is 0 Å². The van der Waals surface area contributed by atoms with Gasteiger partial charge in [-0.1, -0.05) is 11.6 Å². The molecule has 1 aromatic carbocycles. The Labute approximate surface area is 177 Å². The van der Waals surface area contributed by atoms with Crippen LogP contribution in [0.25, 0.3) is 0 Å². The van der Waals surface area contributed by atoms with Crippen LogP contribution in [0.2, 0.25) is 5.02 Å². The number of likely N-dealkylation sites (tertiary alicyclic amines) is 1. The van der Waals surface area contributed by atoms with Crippen molar-refractivity contribution >= 4 is 29.0 Å². The smallest absolute Gasteiger partial charge is 0.234 e. The molecule has 4 rings (SSSR count). The van der Waals surface area contributed by atoms with Crippen LogP contribution in [0.4, 0.5) is 5.69 Å². The fraction of sp³-hybridized carbons (Fsp3) is 0.619. The minimum atomic E-state index is -0.159. The SMILES string of the molecule is COCC(C)NC(=O)CN1CCC2(CC1)Nc1cc(Cl)ccc1C1=NCCCN12. The summed E-state index contributed by atoms with van der Waals surface area (Å²) in [5.74, 6) is 1.14. The normalized spacial score (nSPS) is 21.6.